The van der Waals surface area contributed by atoms with Gasteiger partial charge in [-0.1, -0.05) is 19.3 Å². The van der Waals surface area contributed by atoms with Crippen molar-refractivity contribution >= 4 is 15.9 Å². The largest absolute Gasteiger partial charge is 0.383 e. The Bertz CT molecular complexity index is 724. The lowest BCUT2D eigenvalue weighted by molar-refractivity contribution is -0.132. The van der Waals surface area contributed by atoms with Gasteiger partial charge in [-0.2, -0.15) is 9.40 Å². The van der Waals surface area contributed by atoms with Crippen molar-refractivity contribution in [2.75, 3.05) is 12.8 Å². The smallest absolute Gasteiger partial charge is 0.249 e. The third kappa shape index (κ3) is 4.39. The Kier molecular flexibility index (Phi) is 5.45. The van der Waals surface area contributed by atoms with Gasteiger partial charge in [0.05, 0.1) is 37.3 Å². The number of fused-ring (bicyclic) bond motifs is 1. The maximum absolute atomic E-state index is 12.2. The van der Waals surface area contributed by atoms with E-state index in [4.69, 9.17) is 0 Å². The zero-order chi connectivity index (χ0) is 18.0. The number of rotatable bonds is 5. The number of hydrogen-bond donors (Lipinski definition) is 2. The van der Waals surface area contributed by atoms with E-state index in [1.807, 2.05) is 6.07 Å². The molecule has 1 aromatic heterocycles. The average Bonchev–Trinajstić information content (AvgIpc) is 3.01. The van der Waals surface area contributed by atoms with Crippen LogP contribution in [0, 0.1) is 5.92 Å². The molecule has 140 valence electrons. The molecule has 25 heavy (non-hydrogen) atoms. The number of aromatic nitrogens is 2. The average molecular weight is 370 g/mol. The van der Waals surface area contributed by atoms with Crippen molar-refractivity contribution in [1.29, 1.82) is 0 Å². The lowest BCUT2D eigenvalue weighted by atomic mass is 9.85. The third-order valence-electron chi connectivity index (χ3n) is 5.09. The monoisotopic (exact) mass is 370 g/mol. The molecule has 2 N–H and O–H groups in total. The molecule has 9 heteroatoms. The molecule has 1 atom stereocenters. The summed E-state index contributed by atoms with van der Waals surface area (Å²) in [6.07, 6.45) is 5.35. The lowest BCUT2D eigenvalue weighted by Crippen LogP contribution is -2.39. The number of sulfonamides is 1. The van der Waals surface area contributed by atoms with Gasteiger partial charge in [-0.15, -0.1) is 0 Å². The van der Waals surface area contributed by atoms with Gasteiger partial charge in [0, 0.05) is 6.54 Å². The number of nitrogens with one attached hydrogen (secondary N) is 1. The van der Waals surface area contributed by atoms with Crippen LogP contribution in [0.3, 0.4) is 0 Å². The highest BCUT2D eigenvalue weighted by molar-refractivity contribution is 7.88. The highest BCUT2D eigenvalue weighted by Gasteiger charge is 2.28. The Balaban J connectivity index is 1.56. The van der Waals surface area contributed by atoms with Gasteiger partial charge in [0.25, 0.3) is 0 Å². The van der Waals surface area contributed by atoms with Crippen molar-refractivity contribution in [3.8, 4) is 0 Å². The van der Waals surface area contributed by atoms with Crippen LogP contribution < -0.4 is 5.32 Å². The molecule has 0 saturated heterocycles. The summed E-state index contributed by atoms with van der Waals surface area (Å²) in [4.78, 5) is 12.2. The fourth-order valence-electron chi connectivity index (χ4n) is 3.62. The summed E-state index contributed by atoms with van der Waals surface area (Å²) in [6, 6.07) is 1.81. The molecule has 0 aromatic carbocycles. The molecule has 1 aliphatic heterocycles. The number of carbonyl (C=O) groups is 1. The number of carbonyl (C=O) groups excluding carboxylic acids is 1. The van der Waals surface area contributed by atoms with Gasteiger partial charge in [-0.3, -0.25) is 9.48 Å². The molecule has 1 aromatic rings. The highest BCUT2D eigenvalue weighted by Crippen LogP contribution is 2.26. The van der Waals surface area contributed by atoms with Gasteiger partial charge < -0.3 is 10.4 Å². The lowest BCUT2D eigenvalue weighted by Gasteiger charge is -2.25. The molecule has 0 unspecified atom stereocenters. The summed E-state index contributed by atoms with van der Waals surface area (Å²) >= 11 is 0. The second-order valence-corrected chi connectivity index (χ2v) is 8.99. The molecular weight excluding hydrogens is 344 g/mol. The molecular formula is C16H26N4O4S. The molecule has 3 rings (SSSR count). The van der Waals surface area contributed by atoms with Crippen LogP contribution in [0.1, 0.15) is 43.5 Å². The molecule has 2 heterocycles. The van der Waals surface area contributed by atoms with Crippen molar-refractivity contribution < 1.29 is 18.3 Å². The van der Waals surface area contributed by atoms with Crippen molar-refractivity contribution in [3.05, 3.63) is 17.5 Å². The summed E-state index contributed by atoms with van der Waals surface area (Å²) < 4.78 is 26.5. The zero-order valence-electron chi connectivity index (χ0n) is 14.5. The molecule has 1 aliphatic carbocycles. The van der Waals surface area contributed by atoms with Crippen molar-refractivity contribution in [3.63, 3.8) is 0 Å². The van der Waals surface area contributed by atoms with E-state index in [1.165, 1.54) is 17.0 Å². The minimum Gasteiger partial charge on any atom is -0.383 e. The van der Waals surface area contributed by atoms with E-state index in [2.05, 4.69) is 10.4 Å². The molecule has 2 aliphatic rings. The van der Waals surface area contributed by atoms with Gasteiger partial charge in [-0.25, -0.2) is 8.42 Å². The summed E-state index contributed by atoms with van der Waals surface area (Å²) in [6.45, 7) is 1.44. The standard InChI is InChI=1S/C16H26N4O4S/c1-25(23,24)19-7-8-20-14(11-19)9-13(18-20)10-17-16(22)15(21)12-5-3-2-4-6-12/h9,12,15,21H,2-8,10-11H2,1H3,(H,17,22)/t15-/m1/s1. The summed E-state index contributed by atoms with van der Waals surface area (Å²) in [5.74, 6) is -0.303. The molecule has 1 amide bonds. The van der Waals surface area contributed by atoms with Crippen LogP contribution in [0.4, 0.5) is 0 Å². The van der Waals surface area contributed by atoms with E-state index in [-0.39, 0.29) is 18.4 Å². The van der Waals surface area contributed by atoms with Crippen LogP contribution in [0.5, 0.6) is 0 Å². The third-order valence-corrected chi connectivity index (χ3v) is 6.34. The molecule has 0 radical (unpaired) electrons. The molecule has 0 bridgehead atoms. The number of nitrogens with zero attached hydrogens (tertiary/aromatic N) is 3. The van der Waals surface area contributed by atoms with Crippen LogP contribution in [0.25, 0.3) is 0 Å². The molecule has 1 fully saturated rings. The summed E-state index contributed by atoms with van der Waals surface area (Å²) in [5.41, 5.74) is 1.49. The van der Waals surface area contributed by atoms with Crippen molar-refractivity contribution in [2.24, 2.45) is 5.92 Å². The first kappa shape index (κ1) is 18.3. The Morgan fingerprint density at radius 2 is 2.08 bits per heavy atom. The van der Waals surface area contributed by atoms with E-state index in [9.17, 15) is 18.3 Å². The molecule has 8 nitrogen and oxygen atoms in total. The SMILES string of the molecule is CS(=O)(=O)N1CCn2nc(CNC(=O)[C@H](O)C3CCCCC3)cc2C1. The predicted octanol–water partition coefficient (Wildman–Crippen LogP) is 0.216. The first-order chi connectivity index (χ1) is 11.8. The Hall–Kier alpha value is -1.45. The van der Waals surface area contributed by atoms with Crippen LogP contribution in [-0.4, -0.2) is 52.4 Å². The molecule has 1 saturated carbocycles. The van der Waals surface area contributed by atoms with Crippen LogP contribution in [0.2, 0.25) is 0 Å². The van der Waals surface area contributed by atoms with Gasteiger partial charge >= 0.3 is 0 Å². The summed E-state index contributed by atoms with van der Waals surface area (Å²) in [7, 11) is -3.22. The van der Waals surface area contributed by atoms with Crippen molar-refractivity contribution in [2.45, 2.75) is 57.8 Å². The maximum atomic E-state index is 12.2. The van der Waals surface area contributed by atoms with Crippen LogP contribution >= 0.6 is 0 Å². The fourth-order valence-corrected chi connectivity index (χ4v) is 4.40. The quantitative estimate of drug-likeness (QED) is 0.771. The maximum Gasteiger partial charge on any atom is 0.249 e. The second kappa shape index (κ2) is 7.43. The topological polar surface area (TPSA) is 105 Å². The number of aliphatic hydroxyl groups excluding tert-OH is 1. The van der Waals surface area contributed by atoms with Gasteiger partial charge in [-0.05, 0) is 24.8 Å². The fraction of sp³-hybridized carbons (Fsp3) is 0.750. The number of aliphatic hydroxyl groups is 1. The molecule has 0 spiro atoms. The summed E-state index contributed by atoms with van der Waals surface area (Å²) in [5, 5.41) is 17.4. The highest BCUT2D eigenvalue weighted by atomic mass is 32.2. The first-order valence-electron chi connectivity index (χ1n) is 8.81. The van der Waals surface area contributed by atoms with Gasteiger partial charge in [0.2, 0.25) is 15.9 Å². The zero-order valence-corrected chi connectivity index (χ0v) is 15.3. The minimum absolute atomic E-state index is 0.0484. The van der Waals surface area contributed by atoms with E-state index in [0.29, 0.717) is 25.3 Å². The normalized spacial score (nSPS) is 20.9. The van der Waals surface area contributed by atoms with E-state index < -0.39 is 16.1 Å². The Morgan fingerprint density at radius 3 is 2.76 bits per heavy atom. The van der Waals surface area contributed by atoms with Gasteiger partial charge in [0.15, 0.2) is 0 Å². The second-order valence-electron chi connectivity index (χ2n) is 7.01. The van der Waals surface area contributed by atoms with Gasteiger partial charge in [0.1, 0.15) is 6.10 Å². The Labute approximate surface area is 148 Å². The van der Waals surface area contributed by atoms with Crippen LogP contribution in [0.15, 0.2) is 6.07 Å². The number of amides is 1. The van der Waals surface area contributed by atoms with Crippen LogP contribution in [-0.2, 0) is 34.5 Å². The van der Waals surface area contributed by atoms with E-state index in [0.717, 1.165) is 31.4 Å². The van der Waals surface area contributed by atoms with Crippen molar-refractivity contribution in [1.82, 2.24) is 19.4 Å². The van der Waals surface area contributed by atoms with E-state index >= 15 is 0 Å². The number of hydrogen-bond acceptors (Lipinski definition) is 5. The minimum atomic E-state index is -3.22. The predicted molar refractivity (Wildman–Crippen MR) is 91.9 cm³/mol. The van der Waals surface area contributed by atoms with E-state index in [1.54, 1.807) is 4.68 Å². The Morgan fingerprint density at radius 1 is 1.36 bits per heavy atom. The first-order valence-corrected chi connectivity index (χ1v) is 10.7.